The van der Waals surface area contributed by atoms with Crippen molar-refractivity contribution in [2.24, 2.45) is 0 Å². The second-order valence-corrected chi connectivity index (χ2v) is 7.16. The summed E-state index contributed by atoms with van der Waals surface area (Å²) in [7, 11) is 0. The van der Waals surface area contributed by atoms with Crippen LogP contribution in [0.15, 0.2) is 77.4 Å². The molecule has 3 rings (SSSR count). The average molecular weight is 455 g/mol. The molecular formula is C21H19BrN4O3. The van der Waals surface area contributed by atoms with Crippen LogP contribution >= 0.6 is 15.9 Å². The van der Waals surface area contributed by atoms with E-state index in [4.69, 9.17) is 0 Å². The molecule has 1 unspecified atom stereocenters. The highest BCUT2D eigenvalue weighted by Gasteiger charge is 2.20. The first-order valence-corrected chi connectivity index (χ1v) is 9.66. The Morgan fingerprint density at radius 1 is 0.897 bits per heavy atom. The molecule has 2 aromatic carbocycles. The van der Waals surface area contributed by atoms with Crippen LogP contribution in [0.5, 0.6) is 0 Å². The van der Waals surface area contributed by atoms with Crippen molar-refractivity contribution < 1.29 is 14.4 Å². The van der Waals surface area contributed by atoms with Gasteiger partial charge in [0.1, 0.15) is 5.69 Å². The first-order valence-electron chi connectivity index (χ1n) is 8.87. The van der Waals surface area contributed by atoms with E-state index in [1.807, 2.05) is 36.4 Å². The van der Waals surface area contributed by atoms with Crippen LogP contribution < -0.4 is 16.2 Å². The lowest BCUT2D eigenvalue weighted by Gasteiger charge is -2.19. The number of hydrogen-bond acceptors (Lipinski definition) is 3. The summed E-state index contributed by atoms with van der Waals surface area (Å²) in [4.78, 5) is 39.7. The fraction of sp³-hybridized carbons (Fsp3) is 0.0952. The summed E-state index contributed by atoms with van der Waals surface area (Å²) in [6.07, 6.45) is 1.57. The van der Waals surface area contributed by atoms with Gasteiger partial charge in [0.2, 0.25) is 5.91 Å². The molecule has 148 valence electrons. The zero-order chi connectivity index (χ0) is 20.6. The highest BCUT2D eigenvalue weighted by atomic mass is 79.9. The normalized spacial score (nSPS) is 11.3. The lowest BCUT2D eigenvalue weighted by Crippen LogP contribution is -2.43. The number of halogens is 1. The van der Waals surface area contributed by atoms with E-state index in [1.54, 1.807) is 36.5 Å². The molecule has 1 atom stereocenters. The molecular weight excluding hydrogens is 436 g/mol. The molecule has 3 aromatic rings. The minimum atomic E-state index is -0.555. The molecule has 0 aliphatic heterocycles. The summed E-state index contributed by atoms with van der Waals surface area (Å²) in [6, 6.07) is 19.0. The molecule has 1 aromatic heterocycles. The highest BCUT2D eigenvalue weighted by molar-refractivity contribution is 9.10. The summed E-state index contributed by atoms with van der Waals surface area (Å²) >= 11 is 3.24. The Labute approximate surface area is 176 Å². The fourth-order valence-electron chi connectivity index (χ4n) is 2.70. The molecule has 0 fully saturated rings. The molecule has 0 saturated heterocycles. The standard InChI is InChI=1S/C21H19BrN4O3/c22-16-11-18(23-13-16)21(29)26-25-19(27)12-17(14-7-3-1-4-8-14)24-20(28)15-9-5-2-6-10-15/h1-11,13,17,23H,12H2,(H,24,28)(H,25,27)(H,26,29). The van der Waals surface area contributed by atoms with Gasteiger partial charge in [-0.15, -0.1) is 0 Å². The van der Waals surface area contributed by atoms with Crippen molar-refractivity contribution in [1.29, 1.82) is 0 Å². The molecule has 0 aliphatic carbocycles. The largest absolute Gasteiger partial charge is 0.356 e. The van der Waals surface area contributed by atoms with Crippen molar-refractivity contribution in [2.45, 2.75) is 12.5 Å². The lowest BCUT2D eigenvalue weighted by atomic mass is 10.0. The summed E-state index contributed by atoms with van der Waals surface area (Å²) in [5.41, 5.74) is 6.31. The third-order valence-electron chi connectivity index (χ3n) is 4.14. The van der Waals surface area contributed by atoms with Crippen molar-refractivity contribution >= 4 is 33.7 Å². The predicted molar refractivity (Wildman–Crippen MR) is 112 cm³/mol. The number of aromatic nitrogens is 1. The van der Waals surface area contributed by atoms with Crippen LogP contribution in [0.3, 0.4) is 0 Å². The van der Waals surface area contributed by atoms with Crippen LogP contribution in [-0.2, 0) is 4.79 Å². The Morgan fingerprint density at radius 3 is 2.17 bits per heavy atom. The van der Waals surface area contributed by atoms with Crippen molar-refractivity contribution in [1.82, 2.24) is 21.2 Å². The van der Waals surface area contributed by atoms with Gasteiger partial charge in [-0.2, -0.15) is 0 Å². The van der Waals surface area contributed by atoms with E-state index in [-0.39, 0.29) is 12.3 Å². The van der Waals surface area contributed by atoms with Gasteiger partial charge in [0.25, 0.3) is 11.8 Å². The van der Waals surface area contributed by atoms with E-state index in [0.717, 1.165) is 10.0 Å². The molecule has 1 heterocycles. The van der Waals surface area contributed by atoms with Crippen LogP contribution in [0.1, 0.15) is 38.9 Å². The van der Waals surface area contributed by atoms with E-state index in [9.17, 15) is 14.4 Å². The molecule has 0 spiro atoms. The molecule has 0 aliphatic rings. The van der Waals surface area contributed by atoms with Crippen LogP contribution in [0, 0.1) is 0 Å². The molecule has 29 heavy (non-hydrogen) atoms. The van der Waals surface area contributed by atoms with Crippen molar-refractivity contribution in [3.05, 3.63) is 94.2 Å². The summed E-state index contributed by atoms with van der Waals surface area (Å²) in [6.45, 7) is 0. The highest BCUT2D eigenvalue weighted by Crippen LogP contribution is 2.17. The zero-order valence-electron chi connectivity index (χ0n) is 15.3. The van der Waals surface area contributed by atoms with Gasteiger partial charge in [-0.05, 0) is 39.7 Å². The van der Waals surface area contributed by atoms with Gasteiger partial charge in [-0.1, -0.05) is 48.5 Å². The molecule has 8 heteroatoms. The Morgan fingerprint density at radius 2 is 1.55 bits per heavy atom. The van der Waals surface area contributed by atoms with E-state index in [2.05, 4.69) is 37.1 Å². The Hall–Kier alpha value is -3.39. The number of rotatable bonds is 6. The van der Waals surface area contributed by atoms with Gasteiger partial charge < -0.3 is 10.3 Å². The third kappa shape index (κ3) is 5.79. The SMILES string of the molecule is O=C(CC(NC(=O)c1ccccc1)c1ccccc1)NNC(=O)c1cc(Br)c[nH]1. The van der Waals surface area contributed by atoms with Gasteiger partial charge in [0.05, 0.1) is 12.5 Å². The van der Waals surface area contributed by atoms with Crippen LogP contribution in [-0.4, -0.2) is 22.7 Å². The van der Waals surface area contributed by atoms with E-state index < -0.39 is 17.9 Å². The molecule has 0 saturated carbocycles. The maximum atomic E-state index is 12.5. The quantitative estimate of drug-likeness (QED) is 0.430. The smallest absolute Gasteiger partial charge is 0.286 e. The second-order valence-electron chi connectivity index (χ2n) is 6.24. The number of benzene rings is 2. The predicted octanol–water partition coefficient (Wildman–Crippen LogP) is 3.10. The summed E-state index contributed by atoms with van der Waals surface area (Å²) in [5, 5.41) is 2.88. The van der Waals surface area contributed by atoms with Gasteiger partial charge in [0, 0.05) is 16.2 Å². The number of amides is 3. The van der Waals surface area contributed by atoms with E-state index in [0.29, 0.717) is 11.3 Å². The van der Waals surface area contributed by atoms with Gasteiger partial charge >= 0.3 is 0 Å². The number of aromatic amines is 1. The zero-order valence-corrected chi connectivity index (χ0v) is 16.9. The first-order chi connectivity index (χ1) is 14.0. The number of H-pyrrole nitrogens is 1. The monoisotopic (exact) mass is 454 g/mol. The van der Waals surface area contributed by atoms with E-state index in [1.165, 1.54) is 0 Å². The lowest BCUT2D eigenvalue weighted by molar-refractivity contribution is -0.122. The number of nitrogens with one attached hydrogen (secondary N) is 4. The number of carbonyl (C=O) groups excluding carboxylic acids is 3. The average Bonchev–Trinajstić information content (AvgIpc) is 3.19. The van der Waals surface area contributed by atoms with Gasteiger partial charge in [-0.3, -0.25) is 25.2 Å². The minimum Gasteiger partial charge on any atom is -0.356 e. The topological polar surface area (TPSA) is 103 Å². The minimum absolute atomic E-state index is 0.0444. The van der Waals surface area contributed by atoms with Crippen molar-refractivity contribution in [3.63, 3.8) is 0 Å². The molecule has 0 bridgehead atoms. The number of hydrogen-bond donors (Lipinski definition) is 4. The van der Waals surface area contributed by atoms with Gasteiger partial charge in [-0.25, -0.2) is 0 Å². The van der Waals surface area contributed by atoms with Crippen LogP contribution in [0.25, 0.3) is 0 Å². The molecule has 0 radical (unpaired) electrons. The van der Waals surface area contributed by atoms with Crippen LogP contribution in [0.2, 0.25) is 0 Å². The van der Waals surface area contributed by atoms with Crippen molar-refractivity contribution in [2.75, 3.05) is 0 Å². The Kier molecular flexibility index (Phi) is 6.80. The third-order valence-corrected chi connectivity index (χ3v) is 4.60. The fourth-order valence-corrected chi connectivity index (χ4v) is 3.04. The summed E-state index contributed by atoms with van der Waals surface area (Å²) in [5.74, 6) is -1.20. The molecule has 4 N–H and O–H groups in total. The summed E-state index contributed by atoms with van der Waals surface area (Å²) < 4.78 is 0.724. The van der Waals surface area contributed by atoms with Gasteiger partial charge in [0.15, 0.2) is 0 Å². The number of hydrazine groups is 1. The van der Waals surface area contributed by atoms with Crippen LogP contribution in [0.4, 0.5) is 0 Å². The van der Waals surface area contributed by atoms with Crippen molar-refractivity contribution in [3.8, 4) is 0 Å². The number of carbonyl (C=O) groups is 3. The first kappa shape index (κ1) is 20.3. The Bertz CT molecular complexity index is 989. The second kappa shape index (κ2) is 9.70. The maximum Gasteiger partial charge on any atom is 0.286 e. The Balaban J connectivity index is 1.64. The molecule has 3 amide bonds. The maximum absolute atomic E-state index is 12.5. The molecule has 7 nitrogen and oxygen atoms in total. The van der Waals surface area contributed by atoms with E-state index >= 15 is 0 Å².